The molecule has 0 aliphatic heterocycles. The summed E-state index contributed by atoms with van der Waals surface area (Å²) in [5.74, 6) is 0.280. The Morgan fingerprint density at radius 1 is 0.630 bits per heavy atom. The van der Waals surface area contributed by atoms with Gasteiger partial charge < -0.3 is 15.3 Å². The van der Waals surface area contributed by atoms with Crippen molar-refractivity contribution in [2.45, 2.75) is 39.5 Å². The number of aromatic hydroxyl groups is 3. The van der Waals surface area contributed by atoms with Crippen LogP contribution >= 0.6 is 0 Å². The van der Waals surface area contributed by atoms with Crippen molar-refractivity contribution < 1.29 is 15.3 Å². The lowest BCUT2D eigenvalue weighted by Gasteiger charge is -2.18. The van der Waals surface area contributed by atoms with Gasteiger partial charge in [0.25, 0.3) is 0 Å². The number of phenols is 3. The van der Waals surface area contributed by atoms with Crippen molar-refractivity contribution in [3.05, 3.63) is 77.9 Å². The minimum absolute atomic E-state index is 0.0304. The van der Waals surface area contributed by atoms with Crippen LogP contribution in [0.2, 0.25) is 0 Å². The zero-order chi connectivity index (χ0) is 20.0. The normalized spacial score (nSPS) is 11.8. The van der Waals surface area contributed by atoms with E-state index in [9.17, 15) is 15.3 Å². The molecule has 0 radical (unpaired) electrons. The molecule has 2 aromatic carbocycles. The molecule has 2 rings (SSSR count). The van der Waals surface area contributed by atoms with Gasteiger partial charge in [-0.1, -0.05) is 23.3 Å². The molecule has 142 valence electrons. The van der Waals surface area contributed by atoms with Crippen LogP contribution in [0.15, 0.2) is 66.8 Å². The van der Waals surface area contributed by atoms with E-state index in [1.165, 1.54) is 6.07 Å². The van der Waals surface area contributed by atoms with E-state index in [1.54, 1.807) is 24.3 Å². The molecule has 0 heterocycles. The van der Waals surface area contributed by atoms with Gasteiger partial charge in [-0.05, 0) is 86.1 Å². The quantitative estimate of drug-likeness (QED) is 0.374. The Balaban J connectivity index is 2.65. The van der Waals surface area contributed by atoms with Crippen molar-refractivity contribution in [1.82, 2.24) is 0 Å². The minimum atomic E-state index is 0.0304. The van der Waals surface area contributed by atoms with Crippen LogP contribution in [0.5, 0.6) is 17.2 Å². The predicted octanol–water partition coefficient (Wildman–Crippen LogP) is 6.43. The van der Waals surface area contributed by atoms with Crippen LogP contribution in [-0.4, -0.2) is 15.3 Å². The lowest BCUT2D eigenvalue weighted by atomic mass is 9.87. The Morgan fingerprint density at radius 3 is 1.52 bits per heavy atom. The van der Waals surface area contributed by atoms with E-state index in [0.29, 0.717) is 0 Å². The van der Waals surface area contributed by atoms with Crippen molar-refractivity contribution in [3.8, 4) is 17.2 Å². The summed E-state index contributed by atoms with van der Waals surface area (Å²) in [6, 6.07) is 11.8. The largest absolute Gasteiger partial charge is 0.508 e. The molecule has 0 atom stereocenters. The van der Waals surface area contributed by atoms with Gasteiger partial charge in [0, 0.05) is 6.07 Å². The molecule has 0 saturated heterocycles. The summed E-state index contributed by atoms with van der Waals surface area (Å²) >= 11 is 0. The highest BCUT2D eigenvalue weighted by Crippen LogP contribution is 2.37. The van der Waals surface area contributed by atoms with Gasteiger partial charge in [-0.3, -0.25) is 0 Å². The second-order valence-corrected chi connectivity index (χ2v) is 7.16. The smallest absolute Gasteiger partial charge is 0.119 e. The maximum atomic E-state index is 9.98. The monoisotopic (exact) mass is 364 g/mol. The average Bonchev–Trinajstić information content (AvgIpc) is 2.57. The van der Waals surface area contributed by atoms with Crippen molar-refractivity contribution >= 4 is 11.1 Å². The molecule has 0 saturated carbocycles. The fourth-order valence-electron chi connectivity index (χ4n) is 3.05. The maximum absolute atomic E-state index is 9.98. The number of hydrogen-bond acceptors (Lipinski definition) is 3. The fraction of sp³-hybridized carbons (Fsp3) is 0.250. The van der Waals surface area contributed by atoms with Crippen LogP contribution in [-0.2, 0) is 0 Å². The topological polar surface area (TPSA) is 60.7 Å². The number of hydrogen-bond donors (Lipinski definition) is 3. The summed E-state index contributed by atoms with van der Waals surface area (Å²) in [5, 5.41) is 29.6. The third-order valence-corrected chi connectivity index (χ3v) is 4.43. The Kier molecular flexibility index (Phi) is 6.89. The molecule has 0 bridgehead atoms. The minimum Gasteiger partial charge on any atom is -0.508 e. The molecule has 3 nitrogen and oxygen atoms in total. The Bertz CT molecular complexity index is 837. The number of rotatable bonds is 8. The highest BCUT2D eigenvalue weighted by molar-refractivity contribution is 5.91. The van der Waals surface area contributed by atoms with Gasteiger partial charge in [0.05, 0.1) is 0 Å². The van der Waals surface area contributed by atoms with Crippen LogP contribution in [0.3, 0.4) is 0 Å². The molecule has 0 amide bonds. The first kappa shape index (κ1) is 20.4. The van der Waals surface area contributed by atoms with E-state index in [4.69, 9.17) is 0 Å². The van der Waals surface area contributed by atoms with Gasteiger partial charge in [-0.2, -0.15) is 0 Å². The van der Waals surface area contributed by atoms with Gasteiger partial charge in [0.1, 0.15) is 17.2 Å². The van der Waals surface area contributed by atoms with Crippen LogP contribution in [0.25, 0.3) is 11.1 Å². The first-order valence-corrected chi connectivity index (χ1v) is 9.10. The molecule has 0 aliphatic carbocycles. The lowest BCUT2D eigenvalue weighted by Crippen LogP contribution is -1.96. The van der Waals surface area contributed by atoms with E-state index < -0.39 is 0 Å². The molecular formula is C24H28O3. The third kappa shape index (κ3) is 6.07. The maximum Gasteiger partial charge on any atom is 0.119 e. The van der Waals surface area contributed by atoms with Gasteiger partial charge in [-0.25, -0.2) is 0 Å². The van der Waals surface area contributed by atoms with E-state index in [1.807, 2.05) is 26.0 Å². The predicted molar refractivity (Wildman–Crippen MR) is 113 cm³/mol. The SMILES string of the molecule is C=C(C)CCC(=C(CCC(=C)C)c1cc(O)cc(O)c1)c1ccc(O)cc1. The summed E-state index contributed by atoms with van der Waals surface area (Å²) in [6.45, 7) is 12.0. The highest BCUT2D eigenvalue weighted by atomic mass is 16.3. The second kappa shape index (κ2) is 9.13. The molecule has 27 heavy (non-hydrogen) atoms. The van der Waals surface area contributed by atoms with Crippen molar-refractivity contribution in [1.29, 1.82) is 0 Å². The first-order valence-electron chi connectivity index (χ1n) is 9.10. The summed E-state index contributed by atoms with van der Waals surface area (Å²) in [6.07, 6.45) is 3.16. The van der Waals surface area contributed by atoms with Crippen LogP contribution in [0.4, 0.5) is 0 Å². The second-order valence-electron chi connectivity index (χ2n) is 7.16. The number of benzene rings is 2. The summed E-state index contributed by atoms with van der Waals surface area (Å²) in [5.41, 5.74) is 6.12. The summed E-state index contributed by atoms with van der Waals surface area (Å²) in [7, 11) is 0. The molecule has 0 unspecified atom stereocenters. The lowest BCUT2D eigenvalue weighted by molar-refractivity contribution is 0.450. The Morgan fingerprint density at radius 2 is 1.07 bits per heavy atom. The van der Waals surface area contributed by atoms with Crippen LogP contribution in [0, 0.1) is 0 Å². The van der Waals surface area contributed by atoms with Gasteiger partial charge in [0.15, 0.2) is 0 Å². The first-order chi connectivity index (χ1) is 12.8. The molecule has 0 fully saturated rings. The number of phenolic OH excluding ortho intramolecular Hbond substituents is 3. The standard InChI is InChI=1S/C24H28O3/c1-16(2)5-11-23(18-7-9-20(25)10-8-18)24(12-6-17(3)4)19-13-21(26)15-22(27)14-19/h7-10,13-15,25-27H,1,3,5-6,11-12H2,2,4H3. The van der Waals surface area contributed by atoms with E-state index in [-0.39, 0.29) is 17.2 Å². The highest BCUT2D eigenvalue weighted by Gasteiger charge is 2.14. The average molecular weight is 364 g/mol. The molecule has 0 aromatic heterocycles. The Labute approximate surface area is 161 Å². The molecule has 3 heteroatoms. The molecule has 3 N–H and O–H groups in total. The summed E-state index contributed by atoms with van der Waals surface area (Å²) < 4.78 is 0. The third-order valence-electron chi connectivity index (χ3n) is 4.43. The van der Waals surface area contributed by atoms with E-state index in [2.05, 4.69) is 13.2 Å². The molecule has 0 aliphatic rings. The molecule has 2 aromatic rings. The Hall–Kier alpha value is -2.94. The zero-order valence-corrected chi connectivity index (χ0v) is 16.1. The van der Waals surface area contributed by atoms with Gasteiger partial charge in [0.2, 0.25) is 0 Å². The van der Waals surface area contributed by atoms with E-state index in [0.717, 1.165) is 59.1 Å². The zero-order valence-electron chi connectivity index (χ0n) is 16.1. The van der Waals surface area contributed by atoms with Crippen molar-refractivity contribution in [2.75, 3.05) is 0 Å². The molecule has 0 spiro atoms. The molecular weight excluding hydrogens is 336 g/mol. The van der Waals surface area contributed by atoms with Gasteiger partial charge in [-0.15, -0.1) is 13.2 Å². The van der Waals surface area contributed by atoms with Crippen LogP contribution < -0.4 is 0 Å². The number of allylic oxidation sites excluding steroid dienone is 4. The van der Waals surface area contributed by atoms with Crippen molar-refractivity contribution in [2.24, 2.45) is 0 Å². The van der Waals surface area contributed by atoms with E-state index >= 15 is 0 Å². The van der Waals surface area contributed by atoms with Crippen LogP contribution in [0.1, 0.15) is 50.7 Å². The fourth-order valence-corrected chi connectivity index (χ4v) is 3.05. The van der Waals surface area contributed by atoms with Gasteiger partial charge >= 0.3 is 0 Å². The van der Waals surface area contributed by atoms with Crippen molar-refractivity contribution in [3.63, 3.8) is 0 Å². The summed E-state index contributed by atoms with van der Waals surface area (Å²) in [4.78, 5) is 0.